The van der Waals surface area contributed by atoms with Crippen molar-refractivity contribution < 1.29 is 14.7 Å². The molecule has 1 heterocycles. The first-order valence-electron chi connectivity index (χ1n) is 7.78. The first-order chi connectivity index (χ1) is 9.97. The Morgan fingerprint density at radius 2 is 1.95 bits per heavy atom. The zero-order valence-electron chi connectivity index (χ0n) is 12.5. The van der Waals surface area contributed by atoms with Crippen LogP contribution in [0, 0.1) is 0 Å². The minimum Gasteiger partial charge on any atom is -0.392 e. The standard InChI is InChI=1S/C14H26N4O3/c1-9(15)13(20)17-18-8-11(19)7-12(18)14(21)16-10-5-3-2-4-6-10/h9-12,19H,2-8,15H2,1H3,(H,16,21)(H,17,20). The Labute approximate surface area is 125 Å². The molecule has 1 aliphatic heterocycles. The molecule has 0 spiro atoms. The topological polar surface area (TPSA) is 108 Å². The van der Waals surface area contributed by atoms with Crippen molar-refractivity contribution in [3.05, 3.63) is 0 Å². The van der Waals surface area contributed by atoms with E-state index in [9.17, 15) is 14.7 Å². The number of carbonyl (C=O) groups excluding carboxylic acids is 2. The average Bonchev–Trinajstić information content (AvgIpc) is 2.80. The summed E-state index contributed by atoms with van der Waals surface area (Å²) in [7, 11) is 0. The maximum absolute atomic E-state index is 12.4. The number of hydrogen-bond acceptors (Lipinski definition) is 5. The van der Waals surface area contributed by atoms with Crippen LogP contribution in [0.1, 0.15) is 45.4 Å². The van der Waals surface area contributed by atoms with E-state index in [2.05, 4.69) is 10.7 Å². The third-order valence-electron chi connectivity index (χ3n) is 4.20. The van der Waals surface area contributed by atoms with Gasteiger partial charge in [0.25, 0.3) is 5.91 Å². The summed E-state index contributed by atoms with van der Waals surface area (Å²) in [6, 6.07) is -0.954. The second-order valence-corrected chi connectivity index (χ2v) is 6.17. The molecule has 0 aromatic heterocycles. The highest BCUT2D eigenvalue weighted by atomic mass is 16.3. The van der Waals surface area contributed by atoms with Gasteiger partial charge in [0.1, 0.15) is 6.04 Å². The quantitative estimate of drug-likeness (QED) is 0.546. The molecule has 2 rings (SSSR count). The molecule has 0 aromatic carbocycles. The Morgan fingerprint density at radius 1 is 1.29 bits per heavy atom. The average molecular weight is 298 g/mol. The predicted molar refractivity (Wildman–Crippen MR) is 77.9 cm³/mol. The van der Waals surface area contributed by atoms with Gasteiger partial charge in [-0.25, -0.2) is 5.01 Å². The fraction of sp³-hybridized carbons (Fsp3) is 0.857. The lowest BCUT2D eigenvalue weighted by atomic mass is 9.95. The van der Waals surface area contributed by atoms with Gasteiger partial charge in [-0.15, -0.1) is 0 Å². The number of amides is 2. The van der Waals surface area contributed by atoms with Gasteiger partial charge in [0.05, 0.1) is 12.1 Å². The van der Waals surface area contributed by atoms with E-state index in [0.717, 1.165) is 25.7 Å². The van der Waals surface area contributed by atoms with Gasteiger partial charge in [0.2, 0.25) is 5.91 Å². The van der Waals surface area contributed by atoms with Gasteiger partial charge in [-0.1, -0.05) is 19.3 Å². The molecule has 0 aromatic rings. The van der Waals surface area contributed by atoms with E-state index in [1.165, 1.54) is 11.4 Å². The Hall–Kier alpha value is -1.18. The molecule has 7 nitrogen and oxygen atoms in total. The molecule has 1 saturated carbocycles. The van der Waals surface area contributed by atoms with Gasteiger partial charge in [0, 0.05) is 19.0 Å². The molecular formula is C14H26N4O3. The Kier molecular flexibility index (Phi) is 5.55. The van der Waals surface area contributed by atoms with Crippen LogP contribution in [0.5, 0.6) is 0 Å². The molecule has 0 radical (unpaired) electrons. The molecule has 5 N–H and O–H groups in total. The van der Waals surface area contributed by atoms with Gasteiger partial charge >= 0.3 is 0 Å². The lowest BCUT2D eigenvalue weighted by molar-refractivity contribution is -0.132. The lowest BCUT2D eigenvalue weighted by Crippen LogP contribution is -2.55. The molecule has 3 unspecified atom stereocenters. The fourth-order valence-electron chi connectivity index (χ4n) is 2.97. The minimum atomic E-state index is -0.648. The highest BCUT2D eigenvalue weighted by Gasteiger charge is 2.38. The number of aliphatic hydroxyl groups is 1. The van der Waals surface area contributed by atoms with Gasteiger partial charge in [-0.05, 0) is 19.8 Å². The van der Waals surface area contributed by atoms with Crippen molar-refractivity contribution in [2.45, 2.75) is 69.7 Å². The summed E-state index contributed by atoms with van der Waals surface area (Å²) < 4.78 is 0. The molecule has 2 fully saturated rings. The smallest absolute Gasteiger partial charge is 0.250 e. The molecule has 7 heteroatoms. The summed E-state index contributed by atoms with van der Waals surface area (Å²) in [5.41, 5.74) is 8.14. The summed E-state index contributed by atoms with van der Waals surface area (Å²) in [6.07, 6.45) is 5.25. The predicted octanol–water partition coefficient (Wildman–Crippen LogP) is -0.751. The largest absolute Gasteiger partial charge is 0.392 e. The van der Waals surface area contributed by atoms with E-state index in [0.29, 0.717) is 6.42 Å². The number of nitrogens with two attached hydrogens (primary N) is 1. The molecule has 3 atom stereocenters. The number of aliphatic hydroxyl groups excluding tert-OH is 1. The van der Waals surface area contributed by atoms with Gasteiger partial charge in [-0.3, -0.25) is 15.0 Å². The van der Waals surface area contributed by atoms with Crippen LogP contribution in [0.4, 0.5) is 0 Å². The summed E-state index contributed by atoms with van der Waals surface area (Å²) in [5.74, 6) is -0.469. The van der Waals surface area contributed by atoms with Crippen molar-refractivity contribution in [2.24, 2.45) is 5.73 Å². The van der Waals surface area contributed by atoms with Gasteiger partial charge in [0.15, 0.2) is 0 Å². The van der Waals surface area contributed by atoms with Crippen molar-refractivity contribution in [3.8, 4) is 0 Å². The molecule has 1 saturated heterocycles. The van der Waals surface area contributed by atoms with E-state index in [1.54, 1.807) is 6.92 Å². The van der Waals surface area contributed by atoms with E-state index in [-0.39, 0.29) is 24.4 Å². The molecular weight excluding hydrogens is 272 g/mol. The van der Waals surface area contributed by atoms with Crippen molar-refractivity contribution in [3.63, 3.8) is 0 Å². The monoisotopic (exact) mass is 298 g/mol. The Morgan fingerprint density at radius 3 is 2.57 bits per heavy atom. The maximum atomic E-state index is 12.4. The number of nitrogens with zero attached hydrogens (tertiary/aromatic N) is 1. The first kappa shape index (κ1) is 16.2. The molecule has 2 amide bonds. The van der Waals surface area contributed by atoms with E-state index >= 15 is 0 Å². The fourth-order valence-corrected chi connectivity index (χ4v) is 2.97. The maximum Gasteiger partial charge on any atom is 0.250 e. The molecule has 2 aliphatic rings. The van der Waals surface area contributed by atoms with Crippen LogP contribution in [0.3, 0.4) is 0 Å². The zero-order chi connectivity index (χ0) is 15.4. The zero-order valence-corrected chi connectivity index (χ0v) is 12.5. The molecule has 120 valence electrons. The summed E-state index contributed by atoms with van der Waals surface area (Å²) >= 11 is 0. The normalized spacial score (nSPS) is 29.1. The third-order valence-corrected chi connectivity index (χ3v) is 4.20. The second kappa shape index (κ2) is 7.20. The van der Waals surface area contributed by atoms with Crippen LogP contribution < -0.4 is 16.5 Å². The first-order valence-corrected chi connectivity index (χ1v) is 7.78. The van der Waals surface area contributed by atoms with E-state index in [4.69, 9.17) is 5.73 Å². The lowest BCUT2D eigenvalue weighted by Gasteiger charge is -2.28. The van der Waals surface area contributed by atoms with Crippen LogP contribution in [0.2, 0.25) is 0 Å². The minimum absolute atomic E-state index is 0.122. The SMILES string of the molecule is CC(N)C(=O)NN1CC(O)CC1C(=O)NC1CCCCC1. The Balaban J connectivity index is 1.91. The van der Waals surface area contributed by atoms with E-state index in [1.807, 2.05) is 0 Å². The number of hydrogen-bond donors (Lipinski definition) is 4. The van der Waals surface area contributed by atoms with Crippen molar-refractivity contribution in [1.29, 1.82) is 0 Å². The number of nitrogens with one attached hydrogen (secondary N) is 2. The summed E-state index contributed by atoms with van der Waals surface area (Å²) in [5, 5.41) is 14.3. The van der Waals surface area contributed by atoms with E-state index < -0.39 is 18.2 Å². The van der Waals surface area contributed by atoms with Crippen LogP contribution in [0.25, 0.3) is 0 Å². The second-order valence-electron chi connectivity index (χ2n) is 6.17. The Bertz CT molecular complexity index is 382. The van der Waals surface area contributed by atoms with Crippen molar-refractivity contribution >= 4 is 11.8 Å². The highest BCUT2D eigenvalue weighted by molar-refractivity contribution is 5.84. The number of hydrazine groups is 1. The van der Waals surface area contributed by atoms with Crippen molar-refractivity contribution in [1.82, 2.24) is 15.8 Å². The highest BCUT2D eigenvalue weighted by Crippen LogP contribution is 2.20. The molecule has 0 bridgehead atoms. The summed E-state index contributed by atoms with van der Waals surface area (Å²) in [4.78, 5) is 24.0. The molecule has 1 aliphatic carbocycles. The number of β-amino-alcohol motifs (C(OH)–C–C–N with tert-alkyl or cyclic N) is 1. The number of carbonyl (C=O) groups is 2. The van der Waals surface area contributed by atoms with Crippen LogP contribution in [-0.4, -0.2) is 52.7 Å². The molecule has 21 heavy (non-hydrogen) atoms. The van der Waals surface area contributed by atoms with Crippen LogP contribution in [-0.2, 0) is 9.59 Å². The van der Waals surface area contributed by atoms with Crippen molar-refractivity contribution in [2.75, 3.05) is 6.54 Å². The van der Waals surface area contributed by atoms with Gasteiger partial charge < -0.3 is 16.2 Å². The van der Waals surface area contributed by atoms with Crippen LogP contribution >= 0.6 is 0 Å². The van der Waals surface area contributed by atoms with Gasteiger partial charge in [-0.2, -0.15) is 0 Å². The van der Waals surface area contributed by atoms with Crippen LogP contribution in [0.15, 0.2) is 0 Å². The number of rotatable bonds is 4. The summed E-state index contributed by atoms with van der Waals surface area (Å²) in [6.45, 7) is 1.83. The third kappa shape index (κ3) is 4.39.